The van der Waals surface area contributed by atoms with E-state index in [1.807, 2.05) is 73.1 Å². The molecule has 0 unspecified atom stereocenters. The molecule has 0 saturated carbocycles. The lowest BCUT2D eigenvalue weighted by atomic mass is 9.90. The zero-order valence-electron chi connectivity index (χ0n) is 34.7. The van der Waals surface area contributed by atoms with Crippen molar-refractivity contribution in [2.24, 2.45) is 0 Å². The van der Waals surface area contributed by atoms with Crippen LogP contribution in [0.15, 0.2) is 203 Å². The predicted octanol–water partition coefficient (Wildman–Crippen LogP) is 14.4. The molecule has 0 aliphatic rings. The van der Waals surface area contributed by atoms with Gasteiger partial charge in [-0.05, 0) is 146 Å². The molecule has 6 aromatic carbocycles. The summed E-state index contributed by atoms with van der Waals surface area (Å²) in [5.41, 5.74) is 9.76. The van der Waals surface area contributed by atoms with E-state index in [4.69, 9.17) is 8.83 Å². The normalized spacial score (nSPS) is 11.3. The topological polar surface area (TPSA) is 118 Å². The zero-order chi connectivity index (χ0) is 44.7. The van der Waals surface area contributed by atoms with E-state index < -0.39 is 11.6 Å². The molecule has 6 aromatic heterocycles. The molecule has 0 atom stereocenters. The maximum Gasteiger partial charge on any atom is 0.136 e. The molecule has 10 heteroatoms. The van der Waals surface area contributed by atoms with Crippen LogP contribution in [0, 0.1) is 11.6 Å². The lowest BCUT2D eigenvalue weighted by Crippen LogP contribution is -1.95. The summed E-state index contributed by atoms with van der Waals surface area (Å²) in [5, 5.41) is 25.8. The van der Waals surface area contributed by atoms with Crippen LogP contribution in [0.1, 0.15) is 0 Å². The van der Waals surface area contributed by atoms with Gasteiger partial charge in [-0.2, -0.15) is 0 Å². The third-order valence-corrected chi connectivity index (χ3v) is 11.5. The van der Waals surface area contributed by atoms with Gasteiger partial charge in [0.05, 0.1) is 22.8 Å². The van der Waals surface area contributed by atoms with Gasteiger partial charge in [0.2, 0.25) is 0 Å². The molecule has 8 nitrogen and oxygen atoms in total. The predicted molar refractivity (Wildman–Crippen MR) is 254 cm³/mol. The van der Waals surface area contributed by atoms with Gasteiger partial charge in [0.1, 0.15) is 45.5 Å². The molecule has 0 bridgehead atoms. The van der Waals surface area contributed by atoms with E-state index in [0.29, 0.717) is 22.5 Å². The number of hydrogen-bond acceptors (Lipinski definition) is 8. The van der Waals surface area contributed by atoms with Crippen molar-refractivity contribution in [3.05, 3.63) is 206 Å². The van der Waals surface area contributed by atoms with Gasteiger partial charge in [0.25, 0.3) is 0 Å². The van der Waals surface area contributed by atoms with Gasteiger partial charge in [-0.25, -0.2) is 8.78 Å². The Hall–Kier alpha value is -9.02. The van der Waals surface area contributed by atoms with Crippen molar-refractivity contribution in [1.82, 2.24) is 19.9 Å². The smallest absolute Gasteiger partial charge is 0.136 e. The van der Waals surface area contributed by atoms with E-state index >= 15 is 8.78 Å². The van der Waals surface area contributed by atoms with Gasteiger partial charge < -0.3 is 19.0 Å². The number of benzene rings is 6. The van der Waals surface area contributed by atoms with Crippen LogP contribution >= 0.6 is 0 Å². The summed E-state index contributed by atoms with van der Waals surface area (Å²) in [5.74, 6) is -1.87. The molecule has 0 saturated heterocycles. The fraction of sp³-hybridized carbons (Fsp3) is 0. The van der Waals surface area contributed by atoms with E-state index in [2.05, 4.69) is 44.2 Å². The Labute approximate surface area is 375 Å². The van der Waals surface area contributed by atoms with Crippen molar-refractivity contribution in [1.29, 1.82) is 0 Å². The minimum absolute atomic E-state index is 0.00851. The summed E-state index contributed by atoms with van der Waals surface area (Å²) in [6.45, 7) is 0. The highest BCUT2D eigenvalue weighted by molar-refractivity contribution is 6.26. The van der Waals surface area contributed by atoms with Gasteiger partial charge in [0.15, 0.2) is 0 Å². The first kappa shape index (κ1) is 39.8. The molecule has 12 rings (SSSR count). The Morgan fingerprint density at radius 2 is 0.682 bits per heavy atom. The Balaban J connectivity index is 0.000000146. The summed E-state index contributed by atoms with van der Waals surface area (Å²) in [7, 11) is 0. The number of phenols is 2. The Morgan fingerprint density at radius 3 is 1.03 bits per heavy atom. The Kier molecular flexibility index (Phi) is 10.0. The van der Waals surface area contributed by atoms with E-state index in [9.17, 15) is 10.2 Å². The lowest BCUT2D eigenvalue weighted by Gasteiger charge is -2.17. The maximum absolute atomic E-state index is 15.1. The van der Waals surface area contributed by atoms with E-state index in [1.165, 1.54) is 36.4 Å². The number of halogens is 2. The quantitative estimate of drug-likeness (QED) is 0.159. The van der Waals surface area contributed by atoms with Gasteiger partial charge in [-0.15, -0.1) is 0 Å². The third-order valence-electron chi connectivity index (χ3n) is 11.5. The van der Waals surface area contributed by atoms with Gasteiger partial charge >= 0.3 is 0 Å². The second-order valence-corrected chi connectivity index (χ2v) is 15.5. The van der Waals surface area contributed by atoms with Gasteiger partial charge in [0, 0.05) is 90.8 Å². The molecule has 66 heavy (non-hydrogen) atoms. The summed E-state index contributed by atoms with van der Waals surface area (Å²) < 4.78 is 42.6. The van der Waals surface area contributed by atoms with E-state index in [0.717, 1.165) is 66.4 Å². The molecule has 12 aromatic rings. The van der Waals surface area contributed by atoms with Crippen LogP contribution in [0.4, 0.5) is 8.78 Å². The van der Waals surface area contributed by atoms with Crippen molar-refractivity contribution in [3.63, 3.8) is 0 Å². The number of furan rings is 2. The molecule has 2 N–H and O–H groups in total. The van der Waals surface area contributed by atoms with Crippen molar-refractivity contribution >= 4 is 43.9 Å². The largest absolute Gasteiger partial charge is 0.507 e. The summed E-state index contributed by atoms with van der Waals surface area (Å²) in [6, 6.07) is 50.2. The van der Waals surface area contributed by atoms with Crippen LogP contribution < -0.4 is 0 Å². The molecule has 6 heterocycles. The lowest BCUT2D eigenvalue weighted by molar-refractivity contribution is 0.462. The van der Waals surface area contributed by atoms with Gasteiger partial charge in [-0.3, -0.25) is 19.9 Å². The Bertz CT molecular complexity index is 3500. The number of phenolic OH excluding ortho intramolecular Hbond substituents is 2. The first-order valence-electron chi connectivity index (χ1n) is 21.0. The van der Waals surface area contributed by atoms with Gasteiger partial charge in [-0.1, -0.05) is 24.3 Å². The zero-order valence-corrected chi connectivity index (χ0v) is 34.7. The first-order chi connectivity index (χ1) is 32.4. The van der Waals surface area contributed by atoms with Crippen molar-refractivity contribution in [2.75, 3.05) is 0 Å². The average Bonchev–Trinajstić information content (AvgIpc) is 3.94. The molecule has 0 radical (unpaired) electrons. The molecule has 316 valence electrons. The fourth-order valence-corrected chi connectivity index (χ4v) is 8.47. The highest BCUT2D eigenvalue weighted by Gasteiger charge is 2.23. The monoisotopic (exact) mass is 864 g/mol. The van der Waals surface area contributed by atoms with Crippen molar-refractivity contribution in [2.45, 2.75) is 0 Å². The summed E-state index contributed by atoms with van der Waals surface area (Å²) in [4.78, 5) is 17.6. The number of pyridine rings is 4. The van der Waals surface area contributed by atoms with E-state index in [1.54, 1.807) is 60.9 Å². The van der Waals surface area contributed by atoms with Crippen LogP contribution in [-0.2, 0) is 0 Å². The van der Waals surface area contributed by atoms with Crippen molar-refractivity contribution < 1.29 is 27.8 Å². The minimum atomic E-state index is -0.636. The summed E-state index contributed by atoms with van der Waals surface area (Å²) in [6.07, 6.45) is 6.87. The molecule has 0 amide bonds. The van der Waals surface area contributed by atoms with Crippen LogP contribution in [0.25, 0.3) is 111 Å². The third kappa shape index (κ3) is 7.22. The van der Waals surface area contributed by atoms with Crippen LogP contribution in [-0.4, -0.2) is 30.1 Å². The molecule has 0 aliphatic carbocycles. The van der Waals surface area contributed by atoms with Crippen molar-refractivity contribution in [3.8, 4) is 78.8 Å². The van der Waals surface area contributed by atoms with Crippen LogP contribution in [0.3, 0.4) is 0 Å². The number of nitrogens with zero attached hydrogens (tertiary/aromatic N) is 4. The standard InChI is InChI=1S/C28H18F2N2O2.C28H16N2O2/c29-21-9-7-17(23-5-1-3-13-31-23)15-19(21)27-25(33)11-12-26(34)28(27)20-16-18(8-10-22(20)30)24-6-2-4-14-32-24;1-3-13-29-21(5-1)17-7-9-23-19(15-17)27-25(31-23)11-12-26-28(27)20-16-18(8-10-24(20)32-26)22-6-2-4-14-30-22/h1-16,33-34H;1-16H. The second kappa shape index (κ2) is 16.6. The van der Waals surface area contributed by atoms with Crippen LogP contribution in [0.2, 0.25) is 0 Å². The number of fused-ring (bicyclic) bond motifs is 7. The molecule has 0 aliphatic heterocycles. The SMILES string of the molecule is Oc1ccc(O)c(-c2cc(-c3ccccn3)ccc2F)c1-c1cc(-c2ccccn2)ccc1F.c1ccc(-c2ccc3oc4ccc5oc6ccc(-c7ccccn7)cc6c5c4c3c2)nc1. The molecule has 0 spiro atoms. The molecular formula is C56H34F2N4O4. The highest BCUT2D eigenvalue weighted by Crippen LogP contribution is 2.47. The summed E-state index contributed by atoms with van der Waals surface area (Å²) >= 11 is 0. The minimum Gasteiger partial charge on any atom is -0.507 e. The fourth-order valence-electron chi connectivity index (χ4n) is 8.47. The highest BCUT2D eigenvalue weighted by atomic mass is 19.1. The first-order valence-corrected chi connectivity index (χ1v) is 21.0. The number of hydrogen-bond donors (Lipinski definition) is 2. The number of aromatic hydroxyl groups is 2. The molecule has 0 fully saturated rings. The number of rotatable bonds is 6. The van der Waals surface area contributed by atoms with Crippen LogP contribution in [0.5, 0.6) is 11.5 Å². The number of aromatic nitrogens is 4. The van der Waals surface area contributed by atoms with E-state index in [-0.39, 0.29) is 33.8 Å². The maximum atomic E-state index is 15.1. The second-order valence-electron chi connectivity index (χ2n) is 15.5. The Morgan fingerprint density at radius 1 is 0.348 bits per heavy atom. The average molecular weight is 865 g/mol. The molecular weight excluding hydrogens is 831 g/mol.